The van der Waals surface area contributed by atoms with Crippen molar-refractivity contribution in [2.75, 3.05) is 14.1 Å². The molecule has 1 amide bonds. The van der Waals surface area contributed by atoms with Crippen molar-refractivity contribution in [1.82, 2.24) is 10.2 Å². The first-order chi connectivity index (χ1) is 18.6. The molecule has 10 heteroatoms. The van der Waals surface area contributed by atoms with Gasteiger partial charge in [0.05, 0.1) is 17.5 Å². The van der Waals surface area contributed by atoms with E-state index in [0.29, 0.717) is 17.5 Å². The number of amides is 1. The number of ketones is 4. The molecule has 2 aromatic rings. The Bertz CT molecular complexity index is 1490. The van der Waals surface area contributed by atoms with E-state index >= 15 is 0 Å². The number of nitrogens with zero attached hydrogens (tertiary/aromatic N) is 1. The topological polar surface area (TPSA) is 167 Å². The van der Waals surface area contributed by atoms with Crippen LogP contribution in [0.2, 0.25) is 0 Å². The second-order valence-electron chi connectivity index (χ2n) is 12.7. The molecule has 2 saturated carbocycles. The lowest BCUT2D eigenvalue weighted by Gasteiger charge is -2.52. The largest absolute Gasteiger partial charge is 0.507 e. The summed E-state index contributed by atoms with van der Waals surface area (Å²) in [4.78, 5) is 68.0. The molecule has 5 rings (SSSR count). The number of benzene rings is 2. The Labute approximate surface area is 231 Å². The maximum Gasteiger partial charge on any atom is 0.235 e. The summed E-state index contributed by atoms with van der Waals surface area (Å²) in [5.74, 6) is -10.4. The zero-order chi connectivity index (χ0) is 29.5. The van der Waals surface area contributed by atoms with Crippen LogP contribution in [0.15, 0.2) is 24.3 Å². The monoisotopic (exact) mass is 549 g/mol. The highest BCUT2D eigenvalue weighted by atomic mass is 16.3. The number of rotatable bonds is 4. The van der Waals surface area contributed by atoms with Crippen molar-refractivity contribution in [1.29, 1.82) is 0 Å². The fourth-order valence-electron chi connectivity index (χ4n) is 6.90. The molecule has 0 aliphatic heterocycles. The molecule has 212 valence electrons. The number of aliphatic hydroxyl groups is 1. The van der Waals surface area contributed by atoms with E-state index in [1.54, 1.807) is 20.2 Å². The summed E-state index contributed by atoms with van der Waals surface area (Å²) in [6.07, 6.45) is 0.267. The van der Waals surface area contributed by atoms with Gasteiger partial charge in [0.1, 0.15) is 5.75 Å². The number of Topliss-reactive ketones (excluding diaryl/α,β-unsaturated/α-hetero) is 4. The van der Waals surface area contributed by atoms with Gasteiger partial charge in [-0.3, -0.25) is 28.9 Å². The van der Waals surface area contributed by atoms with Crippen LogP contribution in [-0.2, 0) is 32.1 Å². The van der Waals surface area contributed by atoms with Gasteiger partial charge in [-0.05, 0) is 76.2 Å². The number of hydrogen-bond donors (Lipinski definition) is 4. The van der Waals surface area contributed by atoms with Crippen molar-refractivity contribution in [3.63, 3.8) is 0 Å². The van der Waals surface area contributed by atoms with Crippen LogP contribution in [-0.4, -0.2) is 75.4 Å². The first kappa shape index (κ1) is 28.1. The number of nitrogens with two attached hydrogens (primary N) is 1. The van der Waals surface area contributed by atoms with Crippen molar-refractivity contribution in [3.05, 3.63) is 41.0 Å². The molecule has 3 aliphatic carbocycles. The molecule has 0 radical (unpaired) electrons. The molecule has 10 nitrogen and oxygen atoms in total. The van der Waals surface area contributed by atoms with Crippen LogP contribution in [0, 0.1) is 23.7 Å². The minimum Gasteiger partial charge on any atom is -0.507 e. The third-order valence-corrected chi connectivity index (χ3v) is 8.75. The first-order valence-electron chi connectivity index (χ1n) is 13.4. The molecule has 6 atom stereocenters. The molecule has 2 unspecified atom stereocenters. The normalized spacial score (nSPS) is 30.3. The number of fused-ring (bicyclic) bond motifs is 4. The summed E-state index contributed by atoms with van der Waals surface area (Å²) in [6.45, 7) is 6.65. The summed E-state index contributed by atoms with van der Waals surface area (Å²) < 4.78 is 0. The fourth-order valence-corrected chi connectivity index (χ4v) is 6.90. The second kappa shape index (κ2) is 9.29. The van der Waals surface area contributed by atoms with Gasteiger partial charge in [-0.2, -0.15) is 0 Å². The number of aromatic hydroxyl groups is 1. The quantitative estimate of drug-likeness (QED) is 0.405. The van der Waals surface area contributed by atoms with Gasteiger partial charge in [-0.25, -0.2) is 0 Å². The molecule has 0 bridgehead atoms. The molecule has 0 heterocycles. The highest BCUT2D eigenvalue weighted by Gasteiger charge is 2.69. The van der Waals surface area contributed by atoms with E-state index in [9.17, 15) is 34.2 Å². The number of phenolic OH excluding ortho intramolecular Hbond substituents is 1. The Balaban J connectivity index is 1.59. The molecule has 5 N–H and O–H groups in total. The van der Waals surface area contributed by atoms with Gasteiger partial charge in [-0.15, -0.1) is 0 Å². The second-order valence-corrected chi connectivity index (χ2v) is 12.7. The van der Waals surface area contributed by atoms with Crippen LogP contribution in [0.4, 0.5) is 0 Å². The molecular formula is C30H35N3O7. The number of phenols is 1. The molecule has 2 fully saturated rings. The first-order valence-corrected chi connectivity index (χ1v) is 13.4. The van der Waals surface area contributed by atoms with Gasteiger partial charge in [0.15, 0.2) is 34.7 Å². The lowest BCUT2D eigenvalue weighted by atomic mass is 9.52. The minimum atomic E-state index is -2.73. The van der Waals surface area contributed by atoms with Crippen molar-refractivity contribution in [2.24, 2.45) is 29.4 Å². The van der Waals surface area contributed by atoms with Crippen LogP contribution in [0.1, 0.15) is 48.7 Å². The predicted octanol–water partition coefficient (Wildman–Crippen LogP) is 0.908. The van der Waals surface area contributed by atoms with Crippen LogP contribution < -0.4 is 11.1 Å². The highest BCUT2D eigenvalue weighted by molar-refractivity contribution is 6.32. The minimum absolute atomic E-state index is 0.0000243. The average molecular weight is 550 g/mol. The lowest BCUT2D eigenvalue weighted by Crippen LogP contribution is -2.74. The van der Waals surface area contributed by atoms with Crippen molar-refractivity contribution < 1.29 is 34.2 Å². The Hall–Kier alpha value is -3.47. The third-order valence-electron chi connectivity index (χ3n) is 8.75. The predicted molar refractivity (Wildman–Crippen MR) is 145 cm³/mol. The van der Waals surface area contributed by atoms with E-state index in [1.165, 1.54) is 4.90 Å². The number of primary amides is 1. The molecule has 0 spiro atoms. The number of carbonyl (C=O) groups excluding carboxylic acids is 5. The van der Waals surface area contributed by atoms with E-state index in [1.807, 2.05) is 39.0 Å². The average Bonchev–Trinajstić information content (AvgIpc) is 2.84. The standard InChI is InChI=1S/C30H35N3O7/c1-29(2,3)32-12-13-6-7-14-9-15-10-16-11-18-22(33(4)5)25(36)21(28(31)39)27(38)30(18,40)26(37)20(16)24(35)19(15)23(34)17(14)8-13/h6-9,16,18,20-22,32,34,40H,10-12H2,1-5H3,(H2,31,39)/t16-,18-,20?,21?,22-,30-/m0/s1. The van der Waals surface area contributed by atoms with Crippen molar-refractivity contribution >= 4 is 39.8 Å². The number of likely N-dealkylation sites (N-methyl/N-ethyl adjacent to an activating group) is 1. The molecular weight excluding hydrogens is 514 g/mol. The summed E-state index contributed by atoms with van der Waals surface area (Å²) in [5, 5.41) is 27.6. The summed E-state index contributed by atoms with van der Waals surface area (Å²) in [5.41, 5.74) is 3.98. The van der Waals surface area contributed by atoms with E-state index < -0.39 is 64.4 Å². The van der Waals surface area contributed by atoms with Crippen LogP contribution in [0.25, 0.3) is 10.8 Å². The Morgan fingerprint density at radius 1 is 1.12 bits per heavy atom. The summed E-state index contributed by atoms with van der Waals surface area (Å²) in [6, 6.07) is 6.33. The fraction of sp³-hybridized carbons (Fsp3) is 0.500. The maximum atomic E-state index is 13.9. The molecule has 0 aromatic heterocycles. The van der Waals surface area contributed by atoms with Gasteiger partial charge in [0.2, 0.25) is 5.91 Å². The van der Waals surface area contributed by atoms with Gasteiger partial charge in [0.25, 0.3) is 0 Å². The Morgan fingerprint density at radius 3 is 2.40 bits per heavy atom. The maximum absolute atomic E-state index is 13.9. The Kier molecular flexibility index (Phi) is 6.52. The van der Waals surface area contributed by atoms with Crippen molar-refractivity contribution in [2.45, 2.75) is 57.3 Å². The van der Waals surface area contributed by atoms with Crippen molar-refractivity contribution in [3.8, 4) is 5.75 Å². The lowest BCUT2D eigenvalue weighted by molar-refractivity contribution is -0.181. The van der Waals surface area contributed by atoms with E-state index in [4.69, 9.17) is 5.73 Å². The van der Waals surface area contributed by atoms with Gasteiger partial charge in [0, 0.05) is 23.4 Å². The number of nitrogens with one attached hydrogen (secondary N) is 1. The summed E-state index contributed by atoms with van der Waals surface area (Å²) in [7, 11) is 3.12. The SMILES string of the molecule is CN(C)[C@@H]1C(=O)C(C(N)=O)C(=O)[C@@]2(O)C(=O)C3C(=O)c4c(cc5ccc(CNC(C)(C)C)cc5c4O)C[C@H]3C[C@@H]12. The highest BCUT2D eigenvalue weighted by Crippen LogP contribution is 2.51. The Morgan fingerprint density at radius 2 is 1.80 bits per heavy atom. The van der Waals surface area contributed by atoms with Crippen LogP contribution >= 0.6 is 0 Å². The smallest absolute Gasteiger partial charge is 0.235 e. The zero-order valence-electron chi connectivity index (χ0n) is 23.3. The van der Waals surface area contributed by atoms with Crippen LogP contribution in [0.5, 0.6) is 5.75 Å². The van der Waals surface area contributed by atoms with Gasteiger partial charge in [-0.1, -0.05) is 18.2 Å². The van der Waals surface area contributed by atoms with E-state index in [0.717, 1.165) is 10.9 Å². The van der Waals surface area contributed by atoms with E-state index in [-0.39, 0.29) is 29.7 Å². The van der Waals surface area contributed by atoms with E-state index in [2.05, 4.69) is 5.32 Å². The van der Waals surface area contributed by atoms with Gasteiger partial charge < -0.3 is 21.3 Å². The number of hydrogen-bond acceptors (Lipinski definition) is 9. The molecule has 0 saturated heterocycles. The summed E-state index contributed by atoms with van der Waals surface area (Å²) >= 11 is 0. The third kappa shape index (κ3) is 4.08. The number of carbonyl (C=O) groups is 5. The zero-order valence-corrected chi connectivity index (χ0v) is 23.3. The van der Waals surface area contributed by atoms with Crippen LogP contribution in [0.3, 0.4) is 0 Å². The molecule has 3 aliphatic rings. The molecule has 40 heavy (non-hydrogen) atoms. The van der Waals surface area contributed by atoms with Gasteiger partial charge >= 0.3 is 0 Å². The molecule has 2 aromatic carbocycles.